The van der Waals surface area contributed by atoms with Crippen LogP contribution in [-0.4, -0.2) is 41.1 Å². The van der Waals surface area contributed by atoms with Crippen molar-refractivity contribution in [2.75, 3.05) is 36.0 Å². The lowest BCUT2D eigenvalue weighted by Gasteiger charge is -2.37. The Balaban J connectivity index is 1.75. The normalized spacial score (nSPS) is 15.1. The van der Waals surface area contributed by atoms with E-state index in [0.29, 0.717) is 23.9 Å². The van der Waals surface area contributed by atoms with E-state index >= 15 is 0 Å². The molecule has 0 radical (unpaired) electrons. The fourth-order valence-corrected chi connectivity index (χ4v) is 3.09. The predicted octanol–water partition coefficient (Wildman–Crippen LogP) is 2.86. The van der Waals surface area contributed by atoms with Crippen LogP contribution in [-0.2, 0) is 6.42 Å². The zero-order valence-electron chi connectivity index (χ0n) is 13.3. The van der Waals surface area contributed by atoms with E-state index in [9.17, 15) is 4.39 Å². The van der Waals surface area contributed by atoms with Gasteiger partial charge in [0.25, 0.3) is 0 Å². The van der Waals surface area contributed by atoms with Gasteiger partial charge in [-0.2, -0.15) is 0 Å². The summed E-state index contributed by atoms with van der Waals surface area (Å²) in [5.74, 6) is 0.978. The first-order chi connectivity index (χ1) is 11.1. The highest BCUT2D eigenvalue weighted by Gasteiger charge is 2.23. The van der Waals surface area contributed by atoms with Gasteiger partial charge in [-0.3, -0.25) is 0 Å². The first kappa shape index (κ1) is 15.9. The minimum absolute atomic E-state index is 0.314. The molecular formula is C16H19ClFN5. The van der Waals surface area contributed by atoms with Crippen LogP contribution in [0.25, 0.3) is 0 Å². The van der Waals surface area contributed by atoms with Crippen LogP contribution in [0, 0.1) is 12.7 Å². The number of pyridine rings is 1. The number of halogens is 2. The zero-order chi connectivity index (χ0) is 16.4. The zero-order valence-corrected chi connectivity index (χ0v) is 14.0. The molecule has 0 bridgehead atoms. The maximum atomic E-state index is 14.0. The molecule has 1 fully saturated rings. The van der Waals surface area contributed by atoms with Crippen LogP contribution in [0.1, 0.15) is 18.2 Å². The van der Waals surface area contributed by atoms with E-state index in [1.165, 1.54) is 17.8 Å². The molecule has 2 aromatic heterocycles. The van der Waals surface area contributed by atoms with E-state index in [-0.39, 0.29) is 5.82 Å². The topological polar surface area (TPSA) is 45.2 Å². The fourth-order valence-electron chi connectivity index (χ4n) is 2.94. The average molecular weight is 336 g/mol. The van der Waals surface area contributed by atoms with E-state index < -0.39 is 0 Å². The third kappa shape index (κ3) is 3.22. The molecule has 3 heterocycles. The maximum absolute atomic E-state index is 14.0. The molecule has 1 aliphatic heterocycles. The molecule has 0 unspecified atom stereocenters. The first-order valence-corrected chi connectivity index (χ1v) is 8.09. The third-order valence-corrected chi connectivity index (χ3v) is 4.37. The molecule has 2 aromatic rings. The van der Waals surface area contributed by atoms with Crippen molar-refractivity contribution in [1.29, 1.82) is 0 Å². The van der Waals surface area contributed by atoms with Gasteiger partial charge in [-0.05, 0) is 19.4 Å². The highest BCUT2D eigenvalue weighted by Crippen LogP contribution is 2.24. The summed E-state index contributed by atoms with van der Waals surface area (Å²) in [5.41, 5.74) is 2.20. The second-order valence-electron chi connectivity index (χ2n) is 5.55. The van der Waals surface area contributed by atoms with Crippen LogP contribution >= 0.6 is 11.6 Å². The van der Waals surface area contributed by atoms with Gasteiger partial charge in [0, 0.05) is 43.6 Å². The monoisotopic (exact) mass is 335 g/mol. The van der Waals surface area contributed by atoms with Crippen LogP contribution in [0.2, 0.25) is 5.02 Å². The molecule has 0 aromatic carbocycles. The molecule has 23 heavy (non-hydrogen) atoms. The Morgan fingerprint density at radius 2 is 1.74 bits per heavy atom. The van der Waals surface area contributed by atoms with Crippen molar-refractivity contribution in [2.45, 2.75) is 20.3 Å². The number of anilines is 2. The second kappa shape index (κ2) is 6.66. The molecule has 7 heteroatoms. The smallest absolute Gasteiger partial charge is 0.167 e. The Labute approximate surface area is 140 Å². The lowest BCUT2D eigenvalue weighted by Crippen LogP contribution is -2.47. The minimum atomic E-state index is -0.377. The van der Waals surface area contributed by atoms with Crippen molar-refractivity contribution >= 4 is 23.2 Å². The Morgan fingerprint density at radius 3 is 2.35 bits per heavy atom. The standard InChI is InChI=1S/C16H19ClFN5/c1-3-13-11(2)20-10-21-15(13)22-4-6-23(7-5-22)16-14(18)8-12(17)9-19-16/h8-10H,3-7H2,1-2H3. The Kier molecular flexibility index (Phi) is 4.61. The van der Waals surface area contributed by atoms with Crippen molar-refractivity contribution in [3.05, 3.63) is 40.7 Å². The maximum Gasteiger partial charge on any atom is 0.167 e. The average Bonchev–Trinajstić information content (AvgIpc) is 2.55. The molecule has 0 saturated carbocycles. The lowest BCUT2D eigenvalue weighted by molar-refractivity contribution is 0.586. The summed E-state index contributed by atoms with van der Waals surface area (Å²) in [6, 6.07) is 1.30. The van der Waals surface area contributed by atoms with Gasteiger partial charge in [0.15, 0.2) is 11.6 Å². The Hall–Kier alpha value is -1.95. The summed E-state index contributed by atoms with van der Waals surface area (Å²) < 4.78 is 14.0. The van der Waals surface area contributed by atoms with Gasteiger partial charge >= 0.3 is 0 Å². The number of hydrogen-bond acceptors (Lipinski definition) is 5. The molecule has 0 spiro atoms. The van der Waals surface area contributed by atoms with E-state index in [1.807, 2.05) is 11.8 Å². The Bertz CT molecular complexity index is 701. The molecule has 1 aliphatic rings. The van der Waals surface area contributed by atoms with Gasteiger partial charge in [0.05, 0.1) is 5.02 Å². The quantitative estimate of drug-likeness (QED) is 0.863. The third-order valence-electron chi connectivity index (χ3n) is 4.16. The summed E-state index contributed by atoms with van der Waals surface area (Å²) in [5, 5.41) is 0.314. The fraction of sp³-hybridized carbons (Fsp3) is 0.438. The van der Waals surface area contributed by atoms with Crippen molar-refractivity contribution in [1.82, 2.24) is 15.0 Å². The van der Waals surface area contributed by atoms with Crippen LogP contribution < -0.4 is 9.80 Å². The number of hydrogen-bond donors (Lipinski definition) is 0. The SMILES string of the molecule is CCc1c(C)ncnc1N1CCN(c2ncc(Cl)cc2F)CC1. The molecule has 0 N–H and O–H groups in total. The lowest BCUT2D eigenvalue weighted by atomic mass is 10.1. The van der Waals surface area contributed by atoms with Crippen molar-refractivity contribution in [3.63, 3.8) is 0 Å². The van der Waals surface area contributed by atoms with Gasteiger partial charge < -0.3 is 9.80 Å². The van der Waals surface area contributed by atoms with Gasteiger partial charge in [0.2, 0.25) is 0 Å². The van der Waals surface area contributed by atoms with Crippen LogP contribution in [0.15, 0.2) is 18.6 Å². The van der Waals surface area contributed by atoms with Crippen LogP contribution in [0.3, 0.4) is 0 Å². The van der Waals surface area contributed by atoms with Crippen LogP contribution in [0.4, 0.5) is 16.0 Å². The van der Waals surface area contributed by atoms with Gasteiger partial charge in [-0.1, -0.05) is 18.5 Å². The summed E-state index contributed by atoms with van der Waals surface area (Å²) in [4.78, 5) is 17.0. The second-order valence-corrected chi connectivity index (χ2v) is 5.98. The van der Waals surface area contributed by atoms with Crippen molar-refractivity contribution in [3.8, 4) is 0 Å². The largest absolute Gasteiger partial charge is 0.353 e. The molecule has 3 rings (SSSR count). The molecule has 5 nitrogen and oxygen atoms in total. The summed E-state index contributed by atoms with van der Waals surface area (Å²) in [6.45, 7) is 7.04. The van der Waals surface area contributed by atoms with Crippen molar-refractivity contribution in [2.24, 2.45) is 0 Å². The molecule has 122 valence electrons. The van der Waals surface area contributed by atoms with Crippen molar-refractivity contribution < 1.29 is 4.39 Å². The van der Waals surface area contributed by atoms with Gasteiger partial charge in [-0.15, -0.1) is 0 Å². The number of aromatic nitrogens is 3. The number of piperazine rings is 1. The minimum Gasteiger partial charge on any atom is -0.353 e. The molecule has 0 amide bonds. The highest BCUT2D eigenvalue weighted by atomic mass is 35.5. The van der Waals surface area contributed by atoms with E-state index in [4.69, 9.17) is 11.6 Å². The Morgan fingerprint density at radius 1 is 1.09 bits per heavy atom. The number of aryl methyl sites for hydroxylation is 1. The van der Waals surface area contributed by atoms with Gasteiger partial charge in [0.1, 0.15) is 12.1 Å². The predicted molar refractivity (Wildman–Crippen MR) is 89.8 cm³/mol. The van der Waals surface area contributed by atoms with Gasteiger partial charge in [-0.25, -0.2) is 19.3 Å². The summed E-state index contributed by atoms with van der Waals surface area (Å²) in [6.07, 6.45) is 3.99. The first-order valence-electron chi connectivity index (χ1n) is 7.71. The summed E-state index contributed by atoms with van der Waals surface area (Å²) in [7, 11) is 0. The molecule has 0 atom stereocenters. The number of rotatable bonds is 3. The van der Waals surface area contributed by atoms with E-state index in [1.54, 1.807) is 6.33 Å². The molecule has 1 saturated heterocycles. The highest BCUT2D eigenvalue weighted by molar-refractivity contribution is 6.30. The molecule has 0 aliphatic carbocycles. The summed E-state index contributed by atoms with van der Waals surface area (Å²) >= 11 is 5.76. The molecular weight excluding hydrogens is 317 g/mol. The van der Waals surface area contributed by atoms with E-state index in [2.05, 4.69) is 26.8 Å². The van der Waals surface area contributed by atoms with Crippen LogP contribution in [0.5, 0.6) is 0 Å². The van der Waals surface area contributed by atoms with E-state index in [0.717, 1.165) is 31.0 Å². The number of nitrogens with zero attached hydrogens (tertiary/aromatic N) is 5.